The Balaban J connectivity index is 2.54. The first-order chi connectivity index (χ1) is 9.58. The molecule has 0 aliphatic heterocycles. The number of nitrogen functional groups attached to an aromatic ring is 1. The minimum absolute atomic E-state index is 0.0221. The number of carbonyl (C=O) groups excluding carboxylic acids is 1. The molecule has 1 aromatic heterocycles. The Morgan fingerprint density at radius 1 is 1.40 bits per heavy atom. The summed E-state index contributed by atoms with van der Waals surface area (Å²) in [6.45, 7) is 3.71. The summed E-state index contributed by atoms with van der Waals surface area (Å²) in [5.41, 5.74) is 5.76. The summed E-state index contributed by atoms with van der Waals surface area (Å²) < 4.78 is 9.91. The van der Waals surface area contributed by atoms with E-state index < -0.39 is 0 Å². The molecule has 8 heteroatoms. The Morgan fingerprint density at radius 2 is 2.10 bits per heavy atom. The standard InChI is InChI=1S/C12H22N4O3S/c1-8(4-6-18-2)15-11(17)9-10(13)16-12(20-9)14-5-7-19-3/h8H,4-7,13H2,1-3H3,(H,14,16)(H,15,17). The van der Waals surface area contributed by atoms with Crippen molar-refractivity contribution in [2.24, 2.45) is 0 Å². The second-order valence-corrected chi connectivity index (χ2v) is 5.31. The third-order valence-corrected chi connectivity index (χ3v) is 3.60. The highest BCUT2D eigenvalue weighted by atomic mass is 32.1. The average Bonchev–Trinajstić information content (AvgIpc) is 2.78. The summed E-state index contributed by atoms with van der Waals surface area (Å²) in [4.78, 5) is 16.6. The molecule has 1 amide bonds. The number of rotatable bonds is 9. The molecule has 1 unspecified atom stereocenters. The Hall–Kier alpha value is -1.38. The number of amides is 1. The summed E-state index contributed by atoms with van der Waals surface area (Å²) in [5, 5.41) is 6.54. The SMILES string of the molecule is COCCNc1nc(N)c(C(=O)NC(C)CCOC)s1. The van der Waals surface area contributed by atoms with Gasteiger partial charge in [-0.05, 0) is 13.3 Å². The van der Waals surface area contributed by atoms with E-state index in [1.165, 1.54) is 11.3 Å². The van der Waals surface area contributed by atoms with Crippen LogP contribution in [-0.4, -0.2) is 50.9 Å². The van der Waals surface area contributed by atoms with Crippen molar-refractivity contribution in [2.75, 3.05) is 45.0 Å². The molecule has 1 atom stereocenters. The van der Waals surface area contributed by atoms with Gasteiger partial charge >= 0.3 is 0 Å². The molecule has 7 nitrogen and oxygen atoms in total. The third kappa shape index (κ3) is 5.32. The number of nitrogens with zero attached hydrogens (tertiary/aromatic N) is 1. The number of methoxy groups -OCH3 is 2. The van der Waals surface area contributed by atoms with Gasteiger partial charge in [0.05, 0.1) is 6.61 Å². The van der Waals surface area contributed by atoms with Crippen LogP contribution < -0.4 is 16.4 Å². The van der Waals surface area contributed by atoms with Crippen molar-refractivity contribution in [1.82, 2.24) is 10.3 Å². The van der Waals surface area contributed by atoms with Gasteiger partial charge in [0.2, 0.25) is 0 Å². The molecule has 0 fully saturated rings. The van der Waals surface area contributed by atoms with Gasteiger partial charge < -0.3 is 25.8 Å². The molecule has 1 rings (SSSR count). The lowest BCUT2D eigenvalue weighted by Crippen LogP contribution is -2.33. The number of thiazole rings is 1. The lowest BCUT2D eigenvalue weighted by Gasteiger charge is -2.12. The fraction of sp³-hybridized carbons (Fsp3) is 0.667. The topological polar surface area (TPSA) is 98.5 Å². The summed E-state index contributed by atoms with van der Waals surface area (Å²) in [7, 11) is 3.26. The Labute approximate surface area is 122 Å². The van der Waals surface area contributed by atoms with E-state index >= 15 is 0 Å². The lowest BCUT2D eigenvalue weighted by atomic mass is 10.2. The van der Waals surface area contributed by atoms with E-state index in [-0.39, 0.29) is 17.8 Å². The molecule has 0 aliphatic rings. The van der Waals surface area contributed by atoms with Crippen molar-refractivity contribution in [3.05, 3.63) is 4.88 Å². The Kier molecular flexibility index (Phi) is 7.27. The minimum atomic E-state index is -0.205. The van der Waals surface area contributed by atoms with Crippen LogP contribution in [0, 0.1) is 0 Å². The summed E-state index contributed by atoms with van der Waals surface area (Å²) in [5.74, 6) is 0.0368. The summed E-state index contributed by atoms with van der Waals surface area (Å²) in [6, 6.07) is 0.0221. The van der Waals surface area contributed by atoms with Crippen molar-refractivity contribution in [3.8, 4) is 0 Å². The van der Waals surface area contributed by atoms with E-state index in [0.717, 1.165) is 6.42 Å². The molecule has 1 aromatic rings. The minimum Gasteiger partial charge on any atom is -0.385 e. The maximum absolute atomic E-state index is 12.1. The van der Waals surface area contributed by atoms with Gasteiger partial charge in [0.25, 0.3) is 5.91 Å². The van der Waals surface area contributed by atoms with Gasteiger partial charge in [0.1, 0.15) is 10.7 Å². The number of nitrogens with one attached hydrogen (secondary N) is 2. The summed E-state index contributed by atoms with van der Waals surface area (Å²) >= 11 is 1.24. The van der Waals surface area contributed by atoms with Crippen LogP contribution in [0.4, 0.5) is 10.9 Å². The third-order valence-electron chi connectivity index (χ3n) is 2.57. The molecule has 0 aromatic carbocycles. The number of hydrogen-bond donors (Lipinski definition) is 3. The molecule has 0 saturated heterocycles. The van der Waals surface area contributed by atoms with Gasteiger partial charge in [-0.1, -0.05) is 11.3 Å². The van der Waals surface area contributed by atoms with Gasteiger partial charge in [0.15, 0.2) is 5.13 Å². The van der Waals surface area contributed by atoms with Crippen molar-refractivity contribution >= 4 is 28.2 Å². The highest BCUT2D eigenvalue weighted by Gasteiger charge is 2.17. The van der Waals surface area contributed by atoms with Gasteiger partial charge in [0, 0.05) is 33.4 Å². The van der Waals surface area contributed by atoms with Crippen LogP contribution in [-0.2, 0) is 9.47 Å². The normalized spacial score (nSPS) is 12.2. The van der Waals surface area contributed by atoms with Crippen LogP contribution >= 0.6 is 11.3 Å². The molecule has 4 N–H and O–H groups in total. The number of ether oxygens (including phenoxy) is 2. The predicted octanol–water partition coefficient (Wildman–Crippen LogP) is 0.938. The maximum Gasteiger partial charge on any atom is 0.265 e. The molecule has 0 bridgehead atoms. The van der Waals surface area contributed by atoms with E-state index in [9.17, 15) is 4.79 Å². The molecule has 0 saturated carbocycles. The van der Waals surface area contributed by atoms with E-state index in [4.69, 9.17) is 15.2 Å². The highest BCUT2D eigenvalue weighted by Crippen LogP contribution is 2.24. The van der Waals surface area contributed by atoms with Crippen molar-refractivity contribution in [2.45, 2.75) is 19.4 Å². The number of anilines is 2. The number of hydrogen-bond acceptors (Lipinski definition) is 7. The maximum atomic E-state index is 12.1. The number of carbonyl (C=O) groups is 1. The first-order valence-corrected chi connectivity index (χ1v) is 7.19. The monoisotopic (exact) mass is 302 g/mol. The first-order valence-electron chi connectivity index (χ1n) is 6.37. The van der Waals surface area contributed by atoms with Crippen molar-refractivity contribution < 1.29 is 14.3 Å². The second kappa shape index (κ2) is 8.72. The molecule has 20 heavy (non-hydrogen) atoms. The van der Waals surface area contributed by atoms with Crippen molar-refractivity contribution in [3.63, 3.8) is 0 Å². The van der Waals surface area contributed by atoms with Gasteiger partial charge in [-0.3, -0.25) is 4.79 Å². The first kappa shape index (κ1) is 16.7. The van der Waals surface area contributed by atoms with E-state index in [1.807, 2.05) is 6.92 Å². The quantitative estimate of drug-likeness (QED) is 0.587. The van der Waals surface area contributed by atoms with Crippen LogP contribution in [0.1, 0.15) is 23.0 Å². The number of nitrogens with two attached hydrogens (primary N) is 1. The Bertz CT molecular complexity index is 425. The zero-order valence-electron chi connectivity index (χ0n) is 12.1. The molecule has 0 spiro atoms. The van der Waals surface area contributed by atoms with E-state index in [0.29, 0.717) is 29.8 Å². The van der Waals surface area contributed by atoms with Gasteiger partial charge in [-0.25, -0.2) is 4.98 Å². The molecule has 0 aliphatic carbocycles. The predicted molar refractivity (Wildman–Crippen MR) is 80.3 cm³/mol. The highest BCUT2D eigenvalue weighted by molar-refractivity contribution is 7.18. The van der Waals surface area contributed by atoms with Crippen molar-refractivity contribution in [1.29, 1.82) is 0 Å². The Morgan fingerprint density at radius 3 is 2.75 bits per heavy atom. The van der Waals surface area contributed by atoms with Crippen LogP contribution in [0.3, 0.4) is 0 Å². The van der Waals surface area contributed by atoms with Gasteiger partial charge in [-0.2, -0.15) is 0 Å². The van der Waals surface area contributed by atoms with Gasteiger partial charge in [-0.15, -0.1) is 0 Å². The smallest absolute Gasteiger partial charge is 0.265 e. The van der Waals surface area contributed by atoms with Crippen LogP contribution in [0.25, 0.3) is 0 Å². The largest absolute Gasteiger partial charge is 0.385 e. The number of aromatic nitrogens is 1. The lowest BCUT2D eigenvalue weighted by molar-refractivity contribution is 0.0934. The fourth-order valence-corrected chi connectivity index (χ4v) is 2.30. The molecular weight excluding hydrogens is 280 g/mol. The fourth-order valence-electron chi connectivity index (χ4n) is 1.49. The summed E-state index contributed by atoms with van der Waals surface area (Å²) in [6.07, 6.45) is 0.750. The zero-order valence-corrected chi connectivity index (χ0v) is 12.9. The van der Waals surface area contributed by atoms with Crippen LogP contribution in [0.5, 0.6) is 0 Å². The second-order valence-electron chi connectivity index (χ2n) is 4.31. The van der Waals surface area contributed by atoms with E-state index in [2.05, 4.69) is 15.6 Å². The van der Waals surface area contributed by atoms with Crippen LogP contribution in [0.2, 0.25) is 0 Å². The molecular formula is C12H22N4O3S. The zero-order chi connectivity index (χ0) is 15.0. The van der Waals surface area contributed by atoms with E-state index in [1.54, 1.807) is 14.2 Å². The average molecular weight is 302 g/mol. The molecule has 1 heterocycles. The van der Waals surface area contributed by atoms with Crippen LogP contribution in [0.15, 0.2) is 0 Å². The molecule has 114 valence electrons. The molecule has 0 radical (unpaired) electrons.